The van der Waals surface area contributed by atoms with Crippen molar-refractivity contribution in [1.82, 2.24) is 20.1 Å². The number of hydrogen-bond acceptors (Lipinski definition) is 8. The lowest BCUT2D eigenvalue weighted by molar-refractivity contribution is -0.182. The minimum Gasteiger partial charge on any atom is -0.447 e. The number of carbonyl (C=O) groups excluding carboxylic acids is 2. The third-order valence-electron chi connectivity index (χ3n) is 7.37. The molecule has 2 aromatic carbocycles. The van der Waals surface area contributed by atoms with Crippen LogP contribution in [0.1, 0.15) is 15.9 Å². The Labute approximate surface area is 246 Å². The Morgan fingerprint density at radius 3 is 2.51 bits per heavy atom. The molecule has 220 valence electrons. The number of amides is 2. The van der Waals surface area contributed by atoms with Gasteiger partial charge in [-0.25, -0.2) is 14.1 Å². The number of rotatable bonds is 9. The fourth-order valence-electron chi connectivity index (χ4n) is 5.18. The van der Waals surface area contributed by atoms with Gasteiger partial charge in [-0.2, -0.15) is 5.10 Å². The minimum atomic E-state index is -1.95. The van der Waals surface area contributed by atoms with E-state index in [9.17, 15) is 9.59 Å². The fourth-order valence-corrected chi connectivity index (χ4v) is 5.18. The first-order valence-corrected chi connectivity index (χ1v) is 13.7. The van der Waals surface area contributed by atoms with Crippen LogP contribution in [0.2, 0.25) is 0 Å². The zero-order valence-corrected chi connectivity index (χ0v) is 23.1. The number of anilines is 1. The number of nitrogens with one attached hydrogen (secondary N) is 1. The molecule has 2 aliphatic rings. The molecule has 1 fully saturated rings. The van der Waals surface area contributed by atoms with Crippen LogP contribution in [-0.4, -0.2) is 64.7 Å². The Balaban J connectivity index is 1.27. The molecule has 12 heteroatoms. The zero-order valence-electron chi connectivity index (χ0n) is 23.1. The molecule has 0 spiro atoms. The molecule has 2 aromatic heterocycles. The van der Waals surface area contributed by atoms with E-state index in [0.717, 1.165) is 11.3 Å². The minimum absolute atomic E-state index is 0.156. The lowest BCUT2D eigenvalue weighted by Gasteiger charge is -2.33. The number of primary amides is 1. The van der Waals surface area contributed by atoms with Crippen LogP contribution in [0, 0.1) is 5.82 Å². The van der Waals surface area contributed by atoms with Crippen LogP contribution in [0.3, 0.4) is 0 Å². The molecule has 0 aliphatic carbocycles. The van der Waals surface area contributed by atoms with Crippen molar-refractivity contribution in [2.24, 2.45) is 5.73 Å². The summed E-state index contributed by atoms with van der Waals surface area (Å²) in [6.07, 6.45) is 5.72. The standard InChI is InChI=1S/C31H29FN6O5/c32-25-20-22(37-13-15-41-16-14-37)8-9-23(25)26-10-12-38(36-26)28-24(7-4-11-34-28)29(39)35-27(19-21-5-2-1-3-6-21)31(30(33)40)42-17-18-43-31/h1-12,17-18,20,27H,13-16,19H2,(H2,33,40)(H,35,39). The third kappa shape index (κ3) is 5.64. The molecule has 0 bridgehead atoms. The fraction of sp³-hybridized carbons (Fsp3) is 0.226. The number of nitrogens with zero attached hydrogens (tertiary/aromatic N) is 4. The van der Waals surface area contributed by atoms with Crippen LogP contribution in [-0.2, 0) is 25.4 Å². The number of aromatic nitrogens is 3. The quantitative estimate of drug-likeness (QED) is 0.307. The lowest BCUT2D eigenvalue weighted by Crippen LogP contribution is -2.61. The van der Waals surface area contributed by atoms with Gasteiger partial charge < -0.3 is 30.2 Å². The van der Waals surface area contributed by atoms with E-state index in [2.05, 4.69) is 20.3 Å². The summed E-state index contributed by atoms with van der Waals surface area (Å²) in [5.74, 6) is -3.63. The summed E-state index contributed by atoms with van der Waals surface area (Å²) in [7, 11) is 0. The van der Waals surface area contributed by atoms with Gasteiger partial charge in [0, 0.05) is 43.2 Å². The Morgan fingerprint density at radius 2 is 1.79 bits per heavy atom. The highest BCUT2D eigenvalue weighted by Crippen LogP contribution is 2.29. The molecular weight excluding hydrogens is 555 g/mol. The first-order chi connectivity index (χ1) is 20.9. The molecule has 11 nitrogen and oxygen atoms in total. The van der Waals surface area contributed by atoms with Crippen molar-refractivity contribution in [3.8, 4) is 17.1 Å². The highest BCUT2D eigenvalue weighted by atomic mass is 19.1. The molecule has 0 radical (unpaired) electrons. The molecule has 4 aromatic rings. The van der Waals surface area contributed by atoms with E-state index >= 15 is 4.39 Å². The summed E-state index contributed by atoms with van der Waals surface area (Å²) < 4.78 is 33.1. The molecular formula is C31H29FN6O5. The van der Waals surface area contributed by atoms with Crippen LogP contribution >= 0.6 is 0 Å². The van der Waals surface area contributed by atoms with E-state index in [1.54, 1.807) is 30.5 Å². The first-order valence-electron chi connectivity index (χ1n) is 13.7. The Kier molecular flexibility index (Phi) is 7.75. The molecule has 6 rings (SSSR count). The normalized spacial score (nSPS) is 16.3. The smallest absolute Gasteiger partial charge is 0.352 e. The van der Waals surface area contributed by atoms with Crippen LogP contribution < -0.4 is 16.0 Å². The number of nitrogens with two attached hydrogens (primary N) is 1. The molecule has 4 heterocycles. The highest BCUT2D eigenvalue weighted by Gasteiger charge is 2.51. The number of pyridine rings is 1. The lowest BCUT2D eigenvalue weighted by atomic mass is 9.97. The number of benzene rings is 2. The van der Waals surface area contributed by atoms with Crippen LogP contribution in [0.25, 0.3) is 17.1 Å². The van der Waals surface area contributed by atoms with Gasteiger partial charge >= 0.3 is 11.7 Å². The maximum Gasteiger partial charge on any atom is 0.352 e. The summed E-state index contributed by atoms with van der Waals surface area (Å²) >= 11 is 0. The Bertz CT molecular complexity index is 1650. The monoisotopic (exact) mass is 584 g/mol. The van der Waals surface area contributed by atoms with Gasteiger partial charge in [0.15, 0.2) is 5.82 Å². The summed E-state index contributed by atoms with van der Waals surface area (Å²) in [4.78, 5) is 32.7. The van der Waals surface area contributed by atoms with E-state index in [4.69, 9.17) is 19.9 Å². The number of morpholine rings is 1. The number of halogens is 1. The summed E-state index contributed by atoms with van der Waals surface area (Å²) in [6, 6.07) is 18.1. The molecule has 2 aliphatic heterocycles. The molecule has 1 saturated heterocycles. The topological polar surface area (TPSA) is 134 Å². The van der Waals surface area contributed by atoms with Gasteiger partial charge in [0.25, 0.3) is 5.91 Å². The largest absolute Gasteiger partial charge is 0.447 e. The van der Waals surface area contributed by atoms with Crippen molar-refractivity contribution >= 4 is 17.5 Å². The summed E-state index contributed by atoms with van der Waals surface area (Å²) in [6.45, 7) is 2.58. The predicted molar refractivity (Wildman–Crippen MR) is 154 cm³/mol. The van der Waals surface area contributed by atoms with Gasteiger partial charge in [-0.05, 0) is 42.0 Å². The molecule has 1 unspecified atom stereocenters. The molecule has 43 heavy (non-hydrogen) atoms. The van der Waals surface area contributed by atoms with Crippen molar-refractivity contribution in [2.75, 3.05) is 31.2 Å². The first kappa shape index (κ1) is 27.9. The second-order valence-electron chi connectivity index (χ2n) is 10.0. The molecule has 3 N–H and O–H groups in total. The highest BCUT2D eigenvalue weighted by molar-refractivity contribution is 5.98. The Hall–Kier alpha value is -5.23. The number of hydrogen-bond donors (Lipinski definition) is 2. The van der Waals surface area contributed by atoms with E-state index in [1.807, 2.05) is 36.4 Å². The van der Waals surface area contributed by atoms with Crippen molar-refractivity contribution in [1.29, 1.82) is 0 Å². The van der Waals surface area contributed by atoms with Gasteiger partial charge in [-0.1, -0.05) is 30.3 Å². The van der Waals surface area contributed by atoms with Crippen molar-refractivity contribution in [3.63, 3.8) is 0 Å². The maximum absolute atomic E-state index is 15.2. The third-order valence-corrected chi connectivity index (χ3v) is 7.37. The van der Waals surface area contributed by atoms with Crippen LogP contribution in [0.15, 0.2) is 91.6 Å². The molecule has 2 amide bonds. The van der Waals surface area contributed by atoms with E-state index < -0.39 is 29.5 Å². The summed E-state index contributed by atoms with van der Waals surface area (Å²) in [5, 5.41) is 7.39. The average molecular weight is 585 g/mol. The summed E-state index contributed by atoms with van der Waals surface area (Å²) in [5.41, 5.74) is 8.13. The average Bonchev–Trinajstić information content (AvgIpc) is 3.73. The van der Waals surface area contributed by atoms with E-state index in [-0.39, 0.29) is 17.8 Å². The van der Waals surface area contributed by atoms with Crippen LogP contribution in [0.4, 0.5) is 10.1 Å². The van der Waals surface area contributed by atoms with E-state index in [1.165, 1.54) is 29.5 Å². The van der Waals surface area contributed by atoms with Crippen molar-refractivity contribution in [3.05, 3.63) is 109 Å². The van der Waals surface area contributed by atoms with Gasteiger partial charge in [0.05, 0.1) is 24.5 Å². The zero-order chi connectivity index (χ0) is 29.8. The Morgan fingerprint density at radius 1 is 1.02 bits per heavy atom. The molecule has 1 atom stereocenters. The second-order valence-corrected chi connectivity index (χ2v) is 10.0. The van der Waals surface area contributed by atoms with Crippen molar-refractivity contribution < 1.29 is 28.2 Å². The van der Waals surface area contributed by atoms with Gasteiger partial charge in [0.1, 0.15) is 24.4 Å². The molecule has 0 saturated carbocycles. The predicted octanol–water partition coefficient (Wildman–Crippen LogP) is 2.95. The van der Waals surface area contributed by atoms with Crippen molar-refractivity contribution in [2.45, 2.75) is 18.2 Å². The number of ether oxygens (including phenoxy) is 3. The van der Waals surface area contributed by atoms with E-state index in [0.29, 0.717) is 37.6 Å². The van der Waals surface area contributed by atoms with Gasteiger partial charge in [-0.3, -0.25) is 9.59 Å². The van der Waals surface area contributed by atoms with Gasteiger partial charge in [-0.15, -0.1) is 0 Å². The van der Waals surface area contributed by atoms with Crippen LogP contribution in [0.5, 0.6) is 0 Å². The maximum atomic E-state index is 15.2. The second kappa shape index (κ2) is 11.9. The SMILES string of the molecule is NC(=O)C1(C(Cc2ccccc2)NC(=O)c2cccnc2-n2ccc(-c3ccc(N4CCOCC4)cc3F)n2)OC=CO1. The van der Waals surface area contributed by atoms with Gasteiger partial charge in [0.2, 0.25) is 0 Å². The number of carbonyl (C=O) groups is 2.